The van der Waals surface area contributed by atoms with Crippen LogP contribution in [0, 0.1) is 3.57 Å². The van der Waals surface area contributed by atoms with Gasteiger partial charge in [0.05, 0.1) is 18.2 Å². The Labute approximate surface area is 226 Å². The lowest BCUT2D eigenvalue weighted by Gasteiger charge is -2.35. The second-order valence-electron chi connectivity index (χ2n) is 8.82. The van der Waals surface area contributed by atoms with Crippen LogP contribution in [0.4, 0.5) is 11.6 Å². The Morgan fingerprint density at radius 2 is 1.78 bits per heavy atom. The quantitative estimate of drug-likeness (QED) is 0.298. The molecule has 2 atom stereocenters. The zero-order chi connectivity index (χ0) is 25.0. The molecule has 0 radical (unpaired) electrons. The van der Waals surface area contributed by atoms with E-state index in [1.807, 2.05) is 90.3 Å². The number of imidazole rings is 1. The summed E-state index contributed by atoms with van der Waals surface area (Å²) in [4.78, 5) is 6.25. The smallest absolute Gasteiger partial charge is 0.250 e. The molecule has 5 aromatic rings. The van der Waals surface area contributed by atoms with Gasteiger partial charge in [0.15, 0.2) is 5.60 Å². The normalized spacial score (nSPS) is 16.4. The maximum atomic E-state index is 12.5. The summed E-state index contributed by atoms with van der Waals surface area (Å²) in [5, 5.41) is 25.6. The van der Waals surface area contributed by atoms with E-state index in [1.54, 1.807) is 17.2 Å². The van der Waals surface area contributed by atoms with Crippen LogP contribution in [-0.4, -0.2) is 41.9 Å². The largest absolute Gasteiger partial charge is 0.374 e. The number of nitrogens with zero attached hydrogens (tertiary/aromatic N) is 7. The van der Waals surface area contributed by atoms with Crippen molar-refractivity contribution in [1.29, 1.82) is 0 Å². The fourth-order valence-electron chi connectivity index (χ4n) is 4.98. The van der Waals surface area contributed by atoms with E-state index in [1.165, 1.54) is 0 Å². The van der Waals surface area contributed by atoms with E-state index < -0.39 is 5.60 Å². The Morgan fingerprint density at radius 1 is 1.00 bits per heavy atom. The monoisotopic (exact) mass is 609 g/mol. The van der Waals surface area contributed by atoms with E-state index in [0.29, 0.717) is 22.2 Å². The number of tetrazole rings is 1. The van der Waals surface area contributed by atoms with Crippen LogP contribution in [0.2, 0.25) is 5.02 Å². The molecule has 2 unspecified atom stereocenters. The van der Waals surface area contributed by atoms with Crippen molar-refractivity contribution in [3.63, 3.8) is 0 Å². The van der Waals surface area contributed by atoms with Crippen LogP contribution in [-0.2, 0) is 12.6 Å². The van der Waals surface area contributed by atoms with Crippen molar-refractivity contribution in [2.45, 2.75) is 11.6 Å². The van der Waals surface area contributed by atoms with Gasteiger partial charge in [-0.1, -0.05) is 47.0 Å². The van der Waals surface area contributed by atoms with Gasteiger partial charge in [0.2, 0.25) is 0 Å². The average Bonchev–Trinajstić information content (AvgIpc) is 3.54. The highest BCUT2D eigenvalue weighted by atomic mass is 127. The number of rotatable bonds is 4. The summed E-state index contributed by atoms with van der Waals surface area (Å²) in [6, 6.07) is 21.3. The van der Waals surface area contributed by atoms with E-state index in [0.717, 1.165) is 25.9 Å². The van der Waals surface area contributed by atoms with Crippen molar-refractivity contribution in [3.8, 4) is 0 Å². The van der Waals surface area contributed by atoms with E-state index in [9.17, 15) is 5.11 Å². The van der Waals surface area contributed by atoms with Gasteiger partial charge in [0.25, 0.3) is 5.95 Å². The van der Waals surface area contributed by atoms with Gasteiger partial charge in [0.1, 0.15) is 6.04 Å². The summed E-state index contributed by atoms with van der Waals surface area (Å²) in [7, 11) is 3.82. The summed E-state index contributed by atoms with van der Waals surface area (Å²) in [5.41, 5.74) is 3.52. The molecular formula is C26H21ClIN7O. The third-order valence-corrected chi connectivity index (χ3v) is 7.69. The van der Waals surface area contributed by atoms with Crippen LogP contribution in [0.15, 0.2) is 79.3 Å². The van der Waals surface area contributed by atoms with Gasteiger partial charge >= 0.3 is 0 Å². The van der Waals surface area contributed by atoms with Crippen LogP contribution < -0.4 is 4.90 Å². The van der Waals surface area contributed by atoms with Crippen molar-refractivity contribution in [1.82, 2.24) is 29.8 Å². The summed E-state index contributed by atoms with van der Waals surface area (Å²) in [6.45, 7) is 0. The van der Waals surface area contributed by atoms with Gasteiger partial charge in [-0.05, 0) is 86.1 Å². The lowest BCUT2D eigenvalue weighted by Crippen LogP contribution is -2.33. The first-order valence-corrected chi connectivity index (χ1v) is 12.7. The van der Waals surface area contributed by atoms with Gasteiger partial charge in [-0.3, -0.25) is 0 Å². The van der Waals surface area contributed by atoms with Gasteiger partial charge in [0, 0.05) is 33.9 Å². The lowest BCUT2D eigenvalue weighted by atomic mass is 9.81. The summed E-state index contributed by atoms with van der Waals surface area (Å²) >= 11 is 8.65. The number of hydrogen-bond donors (Lipinski definition) is 1. The molecule has 0 aliphatic carbocycles. The van der Waals surface area contributed by atoms with Crippen molar-refractivity contribution in [3.05, 3.63) is 116 Å². The number of aryl methyl sites for hydroxylation is 1. The lowest BCUT2D eigenvalue weighted by molar-refractivity contribution is 0.117. The number of hydrogen-bond acceptors (Lipinski definition) is 6. The van der Waals surface area contributed by atoms with Crippen molar-refractivity contribution in [2.24, 2.45) is 7.05 Å². The molecule has 0 spiro atoms. The van der Waals surface area contributed by atoms with Gasteiger partial charge in [-0.2, -0.15) is 4.68 Å². The number of aromatic nitrogens is 6. The molecule has 0 fully saturated rings. The molecule has 36 heavy (non-hydrogen) atoms. The molecule has 3 aromatic carbocycles. The molecule has 1 N–H and O–H groups in total. The number of benzene rings is 3. The number of halogens is 2. The minimum absolute atomic E-state index is 0.327. The van der Waals surface area contributed by atoms with E-state index in [-0.39, 0.29) is 6.04 Å². The summed E-state index contributed by atoms with van der Waals surface area (Å²) in [6.07, 6.45) is 3.40. The standard InChI is InChI=1S/C26H21ClIN7O/c1-33-15-29-14-23(33)26(36,17-6-9-20(28)10-7-17)18-8-11-22-21(13-18)24(16-4-3-5-19(27)12-16)35-25(34(22)2)30-31-32-35/h3-15,24,36H,1-2H3. The zero-order valence-corrected chi connectivity index (χ0v) is 22.3. The molecule has 6 rings (SSSR count). The SMILES string of the molecule is CN1c2ccc(C(O)(c3ccc(I)cc3)c3cncn3C)cc2C(c2cccc(Cl)c2)n2nnnc21. The second-order valence-corrected chi connectivity index (χ2v) is 10.5. The molecule has 0 saturated heterocycles. The van der Waals surface area contributed by atoms with Crippen LogP contribution in [0.25, 0.3) is 0 Å². The number of fused-ring (bicyclic) bond motifs is 2. The first-order chi connectivity index (χ1) is 17.4. The Morgan fingerprint density at radius 3 is 2.50 bits per heavy atom. The molecule has 2 aromatic heterocycles. The van der Waals surface area contributed by atoms with Gasteiger partial charge < -0.3 is 14.6 Å². The third-order valence-electron chi connectivity index (χ3n) is 6.74. The highest BCUT2D eigenvalue weighted by molar-refractivity contribution is 14.1. The van der Waals surface area contributed by atoms with Crippen LogP contribution >= 0.6 is 34.2 Å². The molecule has 1 aliphatic rings. The highest BCUT2D eigenvalue weighted by Crippen LogP contribution is 2.45. The fourth-order valence-corrected chi connectivity index (χ4v) is 5.54. The average molecular weight is 610 g/mol. The highest BCUT2D eigenvalue weighted by Gasteiger charge is 2.39. The van der Waals surface area contributed by atoms with Crippen molar-refractivity contribution in [2.75, 3.05) is 11.9 Å². The summed E-state index contributed by atoms with van der Waals surface area (Å²) < 4.78 is 4.71. The zero-order valence-electron chi connectivity index (χ0n) is 19.4. The predicted molar refractivity (Wildman–Crippen MR) is 145 cm³/mol. The summed E-state index contributed by atoms with van der Waals surface area (Å²) in [5.74, 6) is 0.625. The molecule has 1 aliphatic heterocycles. The Hall–Kier alpha value is -3.28. The maximum Gasteiger partial charge on any atom is 0.250 e. The van der Waals surface area contributed by atoms with Crippen molar-refractivity contribution < 1.29 is 5.11 Å². The molecule has 0 bridgehead atoms. The van der Waals surface area contributed by atoms with Crippen LogP contribution in [0.3, 0.4) is 0 Å². The Kier molecular flexibility index (Phi) is 5.58. The molecule has 8 nitrogen and oxygen atoms in total. The van der Waals surface area contributed by atoms with Crippen molar-refractivity contribution >= 4 is 45.8 Å². The minimum atomic E-state index is -1.44. The topological polar surface area (TPSA) is 84.9 Å². The van der Waals surface area contributed by atoms with E-state index in [4.69, 9.17) is 11.6 Å². The number of aliphatic hydroxyl groups is 1. The second kappa shape index (κ2) is 8.68. The maximum absolute atomic E-state index is 12.5. The Balaban J connectivity index is 1.61. The predicted octanol–water partition coefficient (Wildman–Crippen LogP) is 4.67. The first kappa shape index (κ1) is 23.1. The fraction of sp³-hybridized carbons (Fsp3) is 0.154. The van der Waals surface area contributed by atoms with Gasteiger partial charge in [-0.25, -0.2) is 4.98 Å². The molecule has 180 valence electrons. The van der Waals surface area contributed by atoms with Crippen LogP contribution in [0.1, 0.15) is 34.0 Å². The van der Waals surface area contributed by atoms with E-state index >= 15 is 0 Å². The van der Waals surface area contributed by atoms with Crippen LogP contribution in [0.5, 0.6) is 0 Å². The number of anilines is 2. The Bertz CT molecular complexity index is 1580. The minimum Gasteiger partial charge on any atom is -0.374 e. The molecule has 0 saturated carbocycles. The first-order valence-electron chi connectivity index (χ1n) is 11.2. The third kappa shape index (κ3) is 3.53. The van der Waals surface area contributed by atoms with Gasteiger partial charge in [-0.15, -0.1) is 0 Å². The molecule has 0 amide bonds. The molecular weight excluding hydrogens is 589 g/mol. The van der Waals surface area contributed by atoms with E-state index in [2.05, 4.69) is 43.1 Å². The molecule has 3 heterocycles. The molecule has 10 heteroatoms.